The lowest BCUT2D eigenvalue weighted by molar-refractivity contribution is 0.867. The van der Waals surface area contributed by atoms with Gasteiger partial charge in [0.2, 0.25) is 5.84 Å². The first-order valence-electron chi connectivity index (χ1n) is 8.50. The number of hydrazone groups is 1. The molecule has 0 aliphatic heterocycles. The molecule has 136 valence electrons. The third-order valence-electron chi connectivity index (χ3n) is 3.76. The maximum Gasteiger partial charge on any atom is 0.268 e. The van der Waals surface area contributed by atoms with Crippen LogP contribution in [0.5, 0.6) is 0 Å². The maximum atomic E-state index is 5.97. The van der Waals surface area contributed by atoms with Crippen LogP contribution in [0.2, 0.25) is 5.02 Å². The van der Waals surface area contributed by atoms with Crippen molar-refractivity contribution >= 4 is 29.1 Å². The smallest absolute Gasteiger partial charge is 0.268 e. The highest BCUT2D eigenvalue weighted by Gasteiger charge is 2.04. The summed E-state index contributed by atoms with van der Waals surface area (Å²) in [5.41, 5.74) is 5.91. The SMILES string of the molecule is CC(C)c1ccc(N/N=C(\N=Nc2ncccn2)c2ccc(Cl)cc2)cc1. The Balaban J connectivity index is 1.85. The van der Waals surface area contributed by atoms with E-state index in [1.807, 2.05) is 24.3 Å². The Labute approximate surface area is 163 Å². The fourth-order valence-corrected chi connectivity index (χ4v) is 2.36. The van der Waals surface area contributed by atoms with Gasteiger partial charge in [0, 0.05) is 23.0 Å². The van der Waals surface area contributed by atoms with Crippen LogP contribution in [0.3, 0.4) is 0 Å². The topological polar surface area (TPSA) is 74.9 Å². The quantitative estimate of drug-likeness (QED) is 0.263. The highest BCUT2D eigenvalue weighted by Crippen LogP contribution is 2.18. The van der Waals surface area contributed by atoms with Gasteiger partial charge in [-0.05, 0) is 53.9 Å². The number of aromatic nitrogens is 2. The van der Waals surface area contributed by atoms with Crippen molar-refractivity contribution in [3.8, 4) is 0 Å². The fraction of sp³-hybridized carbons (Fsp3) is 0.150. The summed E-state index contributed by atoms with van der Waals surface area (Å²) in [6.45, 7) is 4.32. The van der Waals surface area contributed by atoms with E-state index in [0.717, 1.165) is 11.3 Å². The normalized spacial score (nSPS) is 11.9. The lowest BCUT2D eigenvalue weighted by Gasteiger charge is -2.07. The number of halogens is 1. The summed E-state index contributed by atoms with van der Waals surface area (Å²) in [5.74, 6) is 1.14. The molecule has 0 spiro atoms. The Morgan fingerprint density at radius 2 is 1.63 bits per heavy atom. The van der Waals surface area contributed by atoms with Gasteiger partial charge in [-0.15, -0.1) is 10.2 Å². The van der Waals surface area contributed by atoms with Crippen molar-refractivity contribution in [2.75, 3.05) is 5.43 Å². The van der Waals surface area contributed by atoms with Gasteiger partial charge in [0.05, 0.1) is 5.69 Å². The lowest BCUT2D eigenvalue weighted by Crippen LogP contribution is -2.01. The summed E-state index contributed by atoms with van der Waals surface area (Å²) < 4.78 is 0. The number of nitrogens with zero attached hydrogens (tertiary/aromatic N) is 5. The molecular formula is C20H19ClN6. The molecule has 7 heteroatoms. The van der Waals surface area contributed by atoms with E-state index in [-0.39, 0.29) is 5.95 Å². The Morgan fingerprint density at radius 3 is 2.26 bits per heavy atom. The summed E-state index contributed by atoms with van der Waals surface area (Å²) in [7, 11) is 0. The minimum atomic E-state index is 0.264. The molecule has 1 aromatic heterocycles. The van der Waals surface area contributed by atoms with E-state index in [2.05, 4.69) is 56.7 Å². The first-order chi connectivity index (χ1) is 13.1. The van der Waals surface area contributed by atoms with Gasteiger partial charge in [0.25, 0.3) is 5.95 Å². The number of rotatable bonds is 5. The molecular weight excluding hydrogens is 360 g/mol. The van der Waals surface area contributed by atoms with Crippen molar-refractivity contribution in [1.82, 2.24) is 9.97 Å². The Kier molecular flexibility index (Phi) is 6.22. The largest absolute Gasteiger partial charge is 0.276 e. The lowest BCUT2D eigenvalue weighted by atomic mass is 10.0. The predicted octanol–water partition coefficient (Wildman–Crippen LogP) is 5.81. The van der Waals surface area contributed by atoms with Gasteiger partial charge in [0.15, 0.2) is 0 Å². The zero-order valence-electron chi connectivity index (χ0n) is 15.0. The number of anilines is 1. The van der Waals surface area contributed by atoms with Gasteiger partial charge >= 0.3 is 0 Å². The van der Waals surface area contributed by atoms with Gasteiger partial charge in [-0.25, -0.2) is 9.97 Å². The number of azo groups is 1. The van der Waals surface area contributed by atoms with E-state index in [1.54, 1.807) is 30.6 Å². The molecule has 3 aromatic rings. The van der Waals surface area contributed by atoms with Crippen LogP contribution in [-0.2, 0) is 0 Å². The second-order valence-corrected chi connectivity index (χ2v) is 6.52. The van der Waals surface area contributed by atoms with Crippen molar-refractivity contribution in [3.05, 3.63) is 83.1 Å². The number of nitrogens with one attached hydrogen (secondary N) is 1. The minimum absolute atomic E-state index is 0.264. The molecule has 0 saturated heterocycles. The molecule has 2 aromatic carbocycles. The monoisotopic (exact) mass is 378 g/mol. The van der Waals surface area contributed by atoms with E-state index in [4.69, 9.17) is 11.6 Å². The number of amidine groups is 1. The van der Waals surface area contributed by atoms with Crippen LogP contribution in [0.15, 0.2) is 82.3 Å². The number of benzene rings is 2. The Bertz CT molecular complexity index is 919. The van der Waals surface area contributed by atoms with Crippen LogP contribution in [0.1, 0.15) is 30.9 Å². The van der Waals surface area contributed by atoms with Crippen molar-refractivity contribution in [1.29, 1.82) is 0 Å². The van der Waals surface area contributed by atoms with Crippen LogP contribution in [0.4, 0.5) is 11.6 Å². The third-order valence-corrected chi connectivity index (χ3v) is 4.01. The van der Waals surface area contributed by atoms with Crippen LogP contribution in [0.25, 0.3) is 0 Å². The molecule has 0 amide bonds. The standard InChI is InChI=1S/C20H19ClN6/c1-14(2)15-6-10-18(11-7-15)24-25-19(16-4-8-17(21)9-5-16)26-27-20-22-12-3-13-23-20/h3-14,24H,1-2H3/b25-19-,27-26?. The summed E-state index contributed by atoms with van der Waals surface area (Å²) >= 11 is 5.97. The maximum absolute atomic E-state index is 5.97. The van der Waals surface area contributed by atoms with Gasteiger partial charge in [-0.1, -0.05) is 37.6 Å². The average molecular weight is 379 g/mol. The molecule has 6 nitrogen and oxygen atoms in total. The predicted molar refractivity (Wildman–Crippen MR) is 109 cm³/mol. The average Bonchev–Trinajstić information content (AvgIpc) is 2.70. The van der Waals surface area contributed by atoms with Crippen LogP contribution >= 0.6 is 11.6 Å². The van der Waals surface area contributed by atoms with Gasteiger partial charge in [0.1, 0.15) is 0 Å². The molecule has 0 bridgehead atoms. The molecule has 0 radical (unpaired) electrons. The molecule has 0 unspecified atom stereocenters. The Hall–Kier alpha value is -3.12. The van der Waals surface area contributed by atoms with Gasteiger partial charge in [-0.3, -0.25) is 5.43 Å². The minimum Gasteiger partial charge on any atom is -0.276 e. The molecule has 1 heterocycles. The molecule has 0 aliphatic carbocycles. The number of hydrogen-bond acceptors (Lipinski definition) is 5. The van der Waals surface area contributed by atoms with Crippen molar-refractivity contribution in [2.45, 2.75) is 19.8 Å². The molecule has 0 saturated carbocycles. The van der Waals surface area contributed by atoms with Crippen molar-refractivity contribution in [3.63, 3.8) is 0 Å². The summed E-state index contributed by atoms with van der Waals surface area (Å²) in [6, 6.07) is 17.0. The molecule has 0 atom stereocenters. The summed E-state index contributed by atoms with van der Waals surface area (Å²) in [5, 5.41) is 13.3. The third kappa shape index (κ3) is 5.43. The van der Waals surface area contributed by atoms with Crippen LogP contribution in [-0.4, -0.2) is 15.8 Å². The second kappa shape index (κ2) is 9.00. The van der Waals surface area contributed by atoms with E-state index in [0.29, 0.717) is 16.8 Å². The van der Waals surface area contributed by atoms with Gasteiger partial charge in [-0.2, -0.15) is 5.10 Å². The van der Waals surface area contributed by atoms with E-state index in [9.17, 15) is 0 Å². The summed E-state index contributed by atoms with van der Waals surface area (Å²) in [4.78, 5) is 8.07. The van der Waals surface area contributed by atoms with Crippen LogP contribution < -0.4 is 5.43 Å². The fourth-order valence-electron chi connectivity index (χ4n) is 2.24. The first kappa shape index (κ1) is 18.7. The first-order valence-corrected chi connectivity index (χ1v) is 8.88. The van der Waals surface area contributed by atoms with E-state index >= 15 is 0 Å². The number of hydrogen-bond donors (Lipinski definition) is 1. The molecule has 1 N–H and O–H groups in total. The van der Waals surface area contributed by atoms with E-state index in [1.165, 1.54) is 5.56 Å². The zero-order chi connectivity index (χ0) is 19.1. The molecule has 0 aliphatic rings. The Morgan fingerprint density at radius 1 is 0.963 bits per heavy atom. The highest BCUT2D eigenvalue weighted by molar-refractivity contribution is 6.30. The zero-order valence-corrected chi connectivity index (χ0v) is 15.8. The van der Waals surface area contributed by atoms with Crippen LogP contribution in [0, 0.1) is 0 Å². The molecule has 27 heavy (non-hydrogen) atoms. The summed E-state index contributed by atoms with van der Waals surface area (Å²) in [6.07, 6.45) is 3.21. The van der Waals surface area contributed by atoms with Crippen molar-refractivity contribution < 1.29 is 0 Å². The van der Waals surface area contributed by atoms with Gasteiger partial charge < -0.3 is 0 Å². The molecule has 0 fully saturated rings. The van der Waals surface area contributed by atoms with E-state index < -0.39 is 0 Å². The highest BCUT2D eigenvalue weighted by atomic mass is 35.5. The molecule has 3 rings (SSSR count). The second-order valence-electron chi connectivity index (χ2n) is 6.08. The van der Waals surface area contributed by atoms with Crippen molar-refractivity contribution in [2.24, 2.45) is 15.3 Å².